The second-order valence-electron chi connectivity index (χ2n) is 7.91. The minimum atomic E-state index is -1.75. The topological polar surface area (TPSA) is 231 Å². The van der Waals surface area contributed by atoms with Crippen molar-refractivity contribution >= 4 is 11.9 Å². The normalized spacial score (nSPS) is 39.3. The number of hydrogen-bond acceptors (Lipinski definition) is 15. The molecule has 0 aliphatic carbocycles. The highest BCUT2D eigenvalue weighted by Crippen LogP contribution is 2.26. The molecule has 0 radical (unpaired) electrons. The van der Waals surface area contributed by atoms with Crippen LogP contribution in [0, 0.1) is 0 Å². The molecule has 2 rings (SSSR count). The summed E-state index contributed by atoms with van der Waals surface area (Å²) in [7, 11) is 0. The minimum absolute atomic E-state index is 0.341. The van der Waals surface area contributed by atoms with Crippen molar-refractivity contribution < 1.29 is 73.8 Å². The van der Waals surface area contributed by atoms with E-state index in [9.17, 15) is 45.3 Å². The quantitative estimate of drug-likeness (QED) is 0.139. The van der Waals surface area contributed by atoms with Crippen LogP contribution in [-0.2, 0) is 38.0 Å². The van der Waals surface area contributed by atoms with E-state index in [0.717, 1.165) is 13.8 Å². The van der Waals surface area contributed by atoms with Gasteiger partial charge in [0.05, 0.1) is 19.8 Å². The molecule has 0 spiro atoms. The summed E-state index contributed by atoms with van der Waals surface area (Å²) in [6.45, 7) is 0.320. The molecule has 0 aromatic rings. The van der Waals surface area contributed by atoms with Gasteiger partial charge in [0, 0.05) is 13.8 Å². The summed E-state index contributed by atoms with van der Waals surface area (Å²) in [6, 6.07) is 0. The van der Waals surface area contributed by atoms with E-state index >= 15 is 0 Å². The first-order valence-corrected chi connectivity index (χ1v) is 10.5. The summed E-state index contributed by atoms with van der Waals surface area (Å²) >= 11 is 0. The zero-order valence-corrected chi connectivity index (χ0v) is 18.6. The summed E-state index contributed by atoms with van der Waals surface area (Å²) in [5.74, 6) is -1.32. The van der Waals surface area contributed by atoms with Crippen LogP contribution >= 0.6 is 0 Å². The van der Waals surface area contributed by atoms with Gasteiger partial charge in [-0.2, -0.15) is 0 Å². The van der Waals surface area contributed by atoms with E-state index in [4.69, 9.17) is 28.4 Å². The molecule has 2 saturated heterocycles. The summed E-state index contributed by atoms with van der Waals surface area (Å²) in [5.41, 5.74) is 0. The molecular weight excluding hydrogens is 468 g/mol. The average Bonchev–Trinajstić information content (AvgIpc) is 2.78. The number of aliphatic hydroxyl groups is 7. The third-order valence-corrected chi connectivity index (χ3v) is 5.19. The van der Waals surface area contributed by atoms with Crippen LogP contribution in [0.2, 0.25) is 0 Å². The average molecular weight is 500 g/mol. The Morgan fingerprint density at radius 3 is 1.79 bits per heavy atom. The number of carbonyl (C=O) groups is 2. The molecule has 198 valence electrons. The van der Waals surface area contributed by atoms with Crippen molar-refractivity contribution in [3.05, 3.63) is 0 Å². The molecule has 0 amide bonds. The summed E-state index contributed by atoms with van der Waals surface area (Å²) in [6.07, 6.45) is -16.8. The third-order valence-electron chi connectivity index (χ3n) is 5.19. The predicted octanol–water partition coefficient (Wildman–Crippen LogP) is -4.88. The van der Waals surface area contributed by atoms with Gasteiger partial charge in [-0.05, 0) is 0 Å². The van der Waals surface area contributed by atoms with E-state index in [2.05, 4.69) is 0 Å². The molecule has 34 heavy (non-hydrogen) atoms. The van der Waals surface area contributed by atoms with Crippen molar-refractivity contribution in [2.75, 3.05) is 26.4 Å². The Kier molecular flexibility index (Phi) is 11.0. The van der Waals surface area contributed by atoms with Gasteiger partial charge < -0.3 is 64.2 Å². The van der Waals surface area contributed by atoms with Gasteiger partial charge in [-0.15, -0.1) is 0 Å². The van der Waals surface area contributed by atoms with Crippen molar-refractivity contribution in [2.24, 2.45) is 0 Å². The largest absolute Gasteiger partial charge is 0.462 e. The molecule has 0 aromatic carbocycles. The summed E-state index contributed by atoms with van der Waals surface area (Å²) in [4.78, 5) is 22.2. The Balaban J connectivity index is 1.98. The number of rotatable bonds is 10. The predicted molar refractivity (Wildman–Crippen MR) is 105 cm³/mol. The highest BCUT2D eigenvalue weighted by atomic mass is 16.7. The second-order valence-corrected chi connectivity index (χ2v) is 7.91. The highest BCUT2D eigenvalue weighted by Gasteiger charge is 2.47. The number of esters is 2. The first-order valence-electron chi connectivity index (χ1n) is 10.5. The Labute approximate surface area is 194 Å². The van der Waals surface area contributed by atoms with E-state index in [1.807, 2.05) is 0 Å². The lowest BCUT2D eigenvalue weighted by atomic mass is 9.98. The second kappa shape index (κ2) is 13.0. The molecule has 15 nitrogen and oxygen atoms in total. The van der Waals surface area contributed by atoms with Crippen LogP contribution < -0.4 is 0 Å². The Morgan fingerprint density at radius 2 is 1.26 bits per heavy atom. The van der Waals surface area contributed by atoms with Gasteiger partial charge in [0.2, 0.25) is 0 Å². The van der Waals surface area contributed by atoms with Crippen LogP contribution in [0.3, 0.4) is 0 Å². The molecule has 2 fully saturated rings. The van der Waals surface area contributed by atoms with Gasteiger partial charge in [0.25, 0.3) is 0 Å². The van der Waals surface area contributed by atoms with Crippen molar-refractivity contribution in [1.82, 2.24) is 0 Å². The number of hydrogen-bond donors (Lipinski definition) is 7. The van der Waals surface area contributed by atoms with Gasteiger partial charge in [0.1, 0.15) is 55.4 Å². The maximum absolute atomic E-state index is 11.2. The molecule has 2 aliphatic heterocycles. The first kappa shape index (κ1) is 28.7. The van der Waals surface area contributed by atoms with Crippen molar-refractivity contribution in [1.29, 1.82) is 0 Å². The molecule has 0 aromatic heterocycles. The van der Waals surface area contributed by atoms with Crippen molar-refractivity contribution in [3.63, 3.8) is 0 Å². The fraction of sp³-hybridized carbons (Fsp3) is 0.895. The van der Waals surface area contributed by atoms with Gasteiger partial charge in [-0.25, -0.2) is 0 Å². The number of carbonyl (C=O) groups excluding carboxylic acids is 2. The molecule has 15 heteroatoms. The van der Waals surface area contributed by atoms with Crippen LogP contribution in [0.25, 0.3) is 0 Å². The first-order chi connectivity index (χ1) is 16.0. The van der Waals surface area contributed by atoms with Crippen molar-refractivity contribution in [3.8, 4) is 0 Å². The van der Waals surface area contributed by atoms with Gasteiger partial charge in [-0.3, -0.25) is 9.59 Å². The standard InChI is InChI=1S/C19H32O15/c1-7(21)29-4-9(32-8(2)22)5-30-18-17(28)15(26)13(24)11(34-18)6-31-19-16(27)14(25)12(23)10(3-20)33-19/h9-20,23-28H,3-6H2,1-2H3/t9?,10-,11-,12+,13+,14+,15+,16-,17-,18-,19+/m1/s1. The Hall–Kier alpha value is -1.50. The number of ether oxygens (including phenoxy) is 6. The lowest BCUT2D eigenvalue weighted by Gasteiger charge is -2.42. The van der Waals surface area contributed by atoms with Gasteiger partial charge in [0.15, 0.2) is 18.7 Å². The van der Waals surface area contributed by atoms with Crippen LogP contribution in [0.4, 0.5) is 0 Å². The third kappa shape index (κ3) is 7.50. The van der Waals surface area contributed by atoms with Crippen LogP contribution in [0.1, 0.15) is 13.8 Å². The van der Waals surface area contributed by atoms with Crippen LogP contribution in [0.5, 0.6) is 0 Å². The van der Waals surface area contributed by atoms with Gasteiger partial charge in [-0.1, -0.05) is 0 Å². The SMILES string of the molecule is CC(=O)OCC(CO[C@@H]1O[C@H](CO[C@H]2O[C@H](CO)[C@H](O)[C@H](O)[C@H]2O)[C@H](O)[C@H](O)[C@H]1O)OC(C)=O. The monoisotopic (exact) mass is 500 g/mol. The van der Waals surface area contributed by atoms with Crippen LogP contribution in [0.15, 0.2) is 0 Å². The smallest absolute Gasteiger partial charge is 0.303 e. The maximum atomic E-state index is 11.2. The Morgan fingerprint density at radius 1 is 0.735 bits per heavy atom. The lowest BCUT2D eigenvalue weighted by molar-refractivity contribution is -0.332. The summed E-state index contributed by atoms with van der Waals surface area (Å²) < 4.78 is 31.0. The fourth-order valence-corrected chi connectivity index (χ4v) is 3.35. The molecular formula is C19H32O15. The van der Waals surface area contributed by atoms with Gasteiger partial charge >= 0.3 is 11.9 Å². The summed E-state index contributed by atoms with van der Waals surface area (Å²) in [5, 5.41) is 69.5. The molecule has 7 N–H and O–H groups in total. The molecule has 2 aliphatic rings. The van der Waals surface area contributed by atoms with E-state index in [-0.39, 0.29) is 6.61 Å². The molecule has 1 unspecified atom stereocenters. The van der Waals surface area contributed by atoms with E-state index < -0.39 is 99.3 Å². The molecule has 2 heterocycles. The van der Waals surface area contributed by atoms with E-state index in [0.29, 0.717) is 0 Å². The lowest BCUT2D eigenvalue weighted by Crippen LogP contribution is -2.61. The fourth-order valence-electron chi connectivity index (χ4n) is 3.35. The number of aliphatic hydroxyl groups excluding tert-OH is 7. The van der Waals surface area contributed by atoms with Crippen molar-refractivity contribution in [2.45, 2.75) is 81.4 Å². The maximum Gasteiger partial charge on any atom is 0.303 e. The molecule has 0 bridgehead atoms. The minimum Gasteiger partial charge on any atom is -0.462 e. The highest BCUT2D eigenvalue weighted by molar-refractivity contribution is 5.67. The zero-order valence-electron chi connectivity index (χ0n) is 18.6. The Bertz CT molecular complexity index is 660. The van der Waals surface area contributed by atoms with E-state index in [1.54, 1.807) is 0 Å². The van der Waals surface area contributed by atoms with E-state index in [1.165, 1.54) is 0 Å². The molecule has 0 saturated carbocycles. The molecule has 11 atom stereocenters. The van der Waals surface area contributed by atoms with Crippen LogP contribution in [-0.4, -0.2) is 142 Å². The zero-order chi connectivity index (χ0) is 25.6.